The van der Waals surface area contributed by atoms with Crippen LogP contribution >= 0.6 is 22.6 Å². The maximum absolute atomic E-state index is 6.20. The van der Waals surface area contributed by atoms with Gasteiger partial charge >= 0.3 is 0 Å². The fourth-order valence-electron chi connectivity index (χ4n) is 3.83. The Bertz CT molecular complexity index is 1530. The first-order valence-corrected chi connectivity index (χ1v) is 10.1. The quantitative estimate of drug-likeness (QED) is 0.192. The molecule has 4 aromatic carbocycles. The van der Waals surface area contributed by atoms with Crippen molar-refractivity contribution in [1.82, 2.24) is 9.97 Å². The van der Waals surface area contributed by atoms with E-state index in [1.807, 2.05) is 30.3 Å². The maximum atomic E-state index is 6.20. The molecule has 0 spiro atoms. The van der Waals surface area contributed by atoms with Crippen LogP contribution in [0.15, 0.2) is 83.3 Å². The molecule has 0 fully saturated rings. The third kappa shape index (κ3) is 2.34. The molecule has 0 saturated carbocycles. The van der Waals surface area contributed by atoms with Crippen molar-refractivity contribution < 1.29 is 4.42 Å². The van der Waals surface area contributed by atoms with Crippen LogP contribution in [0, 0.1) is 3.70 Å². The Morgan fingerprint density at radius 1 is 0.679 bits per heavy atom. The number of hydrogen-bond donors (Lipinski definition) is 0. The van der Waals surface area contributed by atoms with Gasteiger partial charge in [0.15, 0.2) is 0 Å². The van der Waals surface area contributed by atoms with E-state index in [2.05, 4.69) is 71.1 Å². The summed E-state index contributed by atoms with van der Waals surface area (Å²) in [4.78, 5) is 9.83. The van der Waals surface area contributed by atoms with Gasteiger partial charge in [-0.05, 0) is 57.6 Å². The van der Waals surface area contributed by atoms with Gasteiger partial charge in [0.2, 0.25) is 0 Å². The lowest BCUT2D eigenvalue weighted by Crippen LogP contribution is -1.95. The first kappa shape index (κ1) is 16.0. The minimum atomic E-state index is 0.855. The van der Waals surface area contributed by atoms with Crippen LogP contribution in [0.4, 0.5) is 0 Å². The second kappa shape index (κ2) is 6.01. The van der Waals surface area contributed by atoms with Crippen molar-refractivity contribution >= 4 is 66.3 Å². The van der Waals surface area contributed by atoms with Gasteiger partial charge < -0.3 is 4.42 Å². The van der Waals surface area contributed by atoms with E-state index in [0.717, 1.165) is 47.9 Å². The molecule has 0 N–H and O–H groups in total. The molecule has 6 aromatic rings. The Morgan fingerprint density at radius 3 is 2.18 bits per heavy atom. The first-order valence-electron chi connectivity index (χ1n) is 9.05. The van der Waals surface area contributed by atoms with Crippen LogP contribution in [0.5, 0.6) is 0 Å². The monoisotopic (exact) mass is 472 g/mol. The third-order valence-electron chi connectivity index (χ3n) is 5.15. The summed E-state index contributed by atoms with van der Waals surface area (Å²) < 4.78 is 7.07. The molecule has 0 aliphatic rings. The van der Waals surface area contributed by atoms with Gasteiger partial charge in [-0.2, -0.15) is 0 Å². The fraction of sp³-hybridized carbons (Fsp3) is 0. The van der Waals surface area contributed by atoms with Crippen LogP contribution in [0.3, 0.4) is 0 Å². The lowest BCUT2D eigenvalue weighted by Gasteiger charge is -2.08. The summed E-state index contributed by atoms with van der Waals surface area (Å²) >= 11 is 2.27. The predicted molar refractivity (Wildman–Crippen MR) is 122 cm³/mol. The lowest BCUT2D eigenvalue weighted by atomic mass is 10.1. The smallest absolute Gasteiger partial charge is 0.144 e. The van der Waals surface area contributed by atoms with Gasteiger partial charge in [0.05, 0.1) is 11.0 Å². The molecule has 6 rings (SSSR count). The number of halogens is 1. The Hall–Kier alpha value is -2.99. The normalized spacial score (nSPS) is 11.8. The van der Waals surface area contributed by atoms with Crippen LogP contribution in [0.25, 0.3) is 55.0 Å². The number of para-hydroxylation sites is 2. The van der Waals surface area contributed by atoms with Crippen LogP contribution in [-0.4, -0.2) is 9.97 Å². The molecule has 0 bridgehead atoms. The summed E-state index contributed by atoms with van der Waals surface area (Å²) in [6.07, 6.45) is 0. The average Bonchev–Trinajstić information content (AvgIpc) is 3.11. The number of furan rings is 1. The lowest BCUT2D eigenvalue weighted by molar-refractivity contribution is 0.670. The van der Waals surface area contributed by atoms with Gasteiger partial charge in [0, 0.05) is 16.3 Å². The first-order chi connectivity index (χ1) is 13.8. The molecule has 2 aromatic heterocycles. The zero-order valence-corrected chi connectivity index (χ0v) is 16.8. The maximum Gasteiger partial charge on any atom is 0.144 e. The Kier molecular flexibility index (Phi) is 3.43. The van der Waals surface area contributed by atoms with Crippen LogP contribution in [0.1, 0.15) is 0 Å². The predicted octanol–water partition coefficient (Wildman–Crippen LogP) is 6.95. The van der Waals surface area contributed by atoms with Crippen molar-refractivity contribution in [2.24, 2.45) is 0 Å². The highest BCUT2D eigenvalue weighted by molar-refractivity contribution is 14.1. The van der Waals surface area contributed by atoms with E-state index in [9.17, 15) is 0 Å². The summed E-state index contributed by atoms with van der Waals surface area (Å²) in [5.41, 5.74) is 5.37. The van der Waals surface area contributed by atoms with Crippen molar-refractivity contribution in [2.75, 3.05) is 0 Å². The van der Waals surface area contributed by atoms with Gasteiger partial charge in [-0.3, -0.25) is 0 Å². The van der Waals surface area contributed by atoms with Crippen molar-refractivity contribution in [3.63, 3.8) is 0 Å². The van der Waals surface area contributed by atoms with Crippen molar-refractivity contribution in [3.05, 3.63) is 82.6 Å². The second-order valence-corrected chi connectivity index (χ2v) is 7.85. The molecule has 4 heteroatoms. The Labute approximate surface area is 174 Å². The number of aromatic nitrogens is 2. The van der Waals surface area contributed by atoms with Crippen molar-refractivity contribution in [3.8, 4) is 11.3 Å². The van der Waals surface area contributed by atoms with Crippen LogP contribution in [0.2, 0.25) is 0 Å². The van der Waals surface area contributed by atoms with E-state index < -0.39 is 0 Å². The molecule has 0 atom stereocenters. The van der Waals surface area contributed by atoms with Gasteiger partial charge in [-0.1, -0.05) is 54.6 Å². The van der Waals surface area contributed by atoms with Gasteiger partial charge in [0.1, 0.15) is 20.6 Å². The molecule has 28 heavy (non-hydrogen) atoms. The summed E-state index contributed by atoms with van der Waals surface area (Å²) in [6.45, 7) is 0. The molecule has 0 aliphatic carbocycles. The number of nitrogens with zero attached hydrogens (tertiary/aromatic N) is 2. The summed E-state index contributed by atoms with van der Waals surface area (Å²) in [6, 6.07) is 26.8. The highest BCUT2D eigenvalue weighted by Crippen LogP contribution is 2.36. The molecule has 0 unspecified atom stereocenters. The minimum Gasteiger partial charge on any atom is -0.455 e. The van der Waals surface area contributed by atoms with E-state index in [1.165, 1.54) is 10.8 Å². The topological polar surface area (TPSA) is 38.9 Å². The molecule has 0 saturated heterocycles. The molecule has 0 amide bonds. The van der Waals surface area contributed by atoms with E-state index >= 15 is 0 Å². The SMILES string of the molecule is Ic1nc2cc3ccccc3cc2nc1-c1cccc2c1oc1ccccc12. The number of rotatable bonds is 1. The van der Waals surface area contributed by atoms with E-state index in [4.69, 9.17) is 14.4 Å². The fourth-order valence-corrected chi connectivity index (χ4v) is 4.50. The molecular formula is C24H13IN2O. The third-order valence-corrected chi connectivity index (χ3v) is 5.90. The second-order valence-electron chi connectivity index (χ2n) is 6.83. The number of fused-ring (bicyclic) bond motifs is 5. The molecule has 132 valence electrons. The largest absolute Gasteiger partial charge is 0.455 e. The van der Waals surface area contributed by atoms with E-state index in [0.29, 0.717) is 0 Å². The van der Waals surface area contributed by atoms with E-state index in [-0.39, 0.29) is 0 Å². The zero-order valence-electron chi connectivity index (χ0n) is 14.7. The Balaban J connectivity index is 1.67. The average molecular weight is 472 g/mol. The molecule has 0 aliphatic heterocycles. The molecule has 0 radical (unpaired) electrons. The molecular weight excluding hydrogens is 459 g/mol. The molecule has 2 heterocycles. The summed E-state index contributed by atoms with van der Waals surface area (Å²) in [5.74, 6) is 0. The van der Waals surface area contributed by atoms with Gasteiger partial charge in [0.25, 0.3) is 0 Å². The number of hydrogen-bond acceptors (Lipinski definition) is 3. The van der Waals surface area contributed by atoms with E-state index in [1.54, 1.807) is 0 Å². The summed E-state index contributed by atoms with van der Waals surface area (Å²) in [7, 11) is 0. The zero-order chi connectivity index (χ0) is 18.7. The standard InChI is InChI=1S/C24H13IN2O/c25-24-22(26-19-12-14-6-1-2-7-15(14)13-20(19)27-24)18-10-5-9-17-16-8-3-4-11-21(16)28-23(17)18/h1-13H. The highest BCUT2D eigenvalue weighted by atomic mass is 127. The summed E-state index contributed by atoms with van der Waals surface area (Å²) in [5, 5.41) is 4.56. The van der Waals surface area contributed by atoms with Crippen molar-refractivity contribution in [1.29, 1.82) is 0 Å². The number of benzene rings is 4. The van der Waals surface area contributed by atoms with Gasteiger partial charge in [-0.15, -0.1) is 0 Å². The molecule has 3 nitrogen and oxygen atoms in total. The van der Waals surface area contributed by atoms with Crippen molar-refractivity contribution in [2.45, 2.75) is 0 Å². The van der Waals surface area contributed by atoms with Crippen LogP contribution in [-0.2, 0) is 0 Å². The minimum absolute atomic E-state index is 0.855. The van der Waals surface area contributed by atoms with Gasteiger partial charge in [-0.25, -0.2) is 9.97 Å². The highest BCUT2D eigenvalue weighted by Gasteiger charge is 2.16. The van der Waals surface area contributed by atoms with Crippen LogP contribution < -0.4 is 0 Å². The Morgan fingerprint density at radius 2 is 1.36 bits per heavy atom.